The normalized spacial score (nSPS) is 14.0. The van der Waals surface area contributed by atoms with Crippen LogP contribution in [0, 0.1) is 0 Å². The Hall–Kier alpha value is -1.86. The minimum Gasteiger partial charge on any atom is -0.462 e. The van der Waals surface area contributed by atoms with Crippen LogP contribution in [0.1, 0.15) is 67.8 Å². The topological polar surface area (TPSA) is 64.6 Å². The van der Waals surface area contributed by atoms with Crippen LogP contribution in [-0.4, -0.2) is 24.3 Å². The van der Waals surface area contributed by atoms with Gasteiger partial charge in [-0.1, -0.05) is 22.0 Å². The van der Waals surface area contributed by atoms with Gasteiger partial charge in [0.25, 0.3) is 0 Å². The predicted octanol–water partition coefficient (Wildman–Crippen LogP) is 6.43. The Balaban J connectivity index is 1.99. The van der Waals surface area contributed by atoms with Crippen molar-refractivity contribution >= 4 is 55.0 Å². The molecule has 2 aromatic rings. The second-order valence-electron chi connectivity index (χ2n) is 7.93. The third-order valence-electron chi connectivity index (χ3n) is 4.51. The third-order valence-corrected chi connectivity index (χ3v) is 6.32. The summed E-state index contributed by atoms with van der Waals surface area (Å²) in [6, 6.07) is 4.12. The molecule has 1 aliphatic carbocycles. The molecule has 1 aromatic heterocycles. The molecule has 3 rings (SSSR count). The number of nitrogens with one attached hydrogen (secondary N) is 1. The molecule has 0 fully saturated rings. The Kier molecular flexibility index (Phi) is 6.69. The van der Waals surface area contributed by atoms with Gasteiger partial charge in [0.15, 0.2) is 0 Å². The van der Waals surface area contributed by atoms with E-state index in [1.165, 1.54) is 16.9 Å². The molecule has 5 nitrogen and oxygen atoms in total. The van der Waals surface area contributed by atoms with Gasteiger partial charge >= 0.3 is 12.1 Å². The van der Waals surface area contributed by atoms with E-state index < -0.39 is 11.7 Å². The SMILES string of the molecule is CCOC(=O)c1c(CNC(=O)OC(C)(C)C)sc2cc(Br)c(C3=CCCC3)cc12. The lowest BCUT2D eigenvalue weighted by Gasteiger charge is -2.19. The molecular formula is C22H26BrNO4S. The van der Waals surface area contributed by atoms with Crippen molar-refractivity contribution in [3.8, 4) is 0 Å². The number of rotatable bonds is 5. The minimum absolute atomic E-state index is 0.206. The van der Waals surface area contributed by atoms with Gasteiger partial charge < -0.3 is 14.8 Å². The van der Waals surface area contributed by atoms with Gasteiger partial charge in [-0.05, 0) is 70.2 Å². The van der Waals surface area contributed by atoms with Crippen LogP contribution >= 0.6 is 27.3 Å². The maximum absolute atomic E-state index is 12.7. The summed E-state index contributed by atoms with van der Waals surface area (Å²) in [5.41, 5.74) is 2.36. The standard InChI is InChI=1S/C22H26BrNO4S/c1-5-27-20(25)19-15-10-14(13-8-6-7-9-13)16(23)11-17(15)29-18(19)12-24-21(26)28-22(2,3)4/h8,10-11H,5-7,9,12H2,1-4H3,(H,24,26). The van der Waals surface area contributed by atoms with E-state index >= 15 is 0 Å². The van der Waals surface area contributed by atoms with Crippen molar-refractivity contribution in [3.63, 3.8) is 0 Å². The van der Waals surface area contributed by atoms with Crippen LogP contribution in [0.2, 0.25) is 0 Å². The molecule has 1 aromatic carbocycles. The van der Waals surface area contributed by atoms with Gasteiger partial charge in [0.05, 0.1) is 18.7 Å². The highest BCUT2D eigenvalue weighted by molar-refractivity contribution is 9.10. The van der Waals surface area contributed by atoms with Crippen molar-refractivity contribution in [2.45, 2.75) is 59.1 Å². The van der Waals surface area contributed by atoms with Crippen molar-refractivity contribution in [2.75, 3.05) is 6.61 Å². The molecular weight excluding hydrogens is 454 g/mol. The molecule has 0 saturated carbocycles. The molecule has 0 radical (unpaired) electrons. The van der Waals surface area contributed by atoms with E-state index in [1.807, 2.05) is 26.8 Å². The smallest absolute Gasteiger partial charge is 0.407 e. The molecule has 29 heavy (non-hydrogen) atoms. The van der Waals surface area contributed by atoms with E-state index in [0.29, 0.717) is 12.2 Å². The number of carbonyl (C=O) groups is 2. The van der Waals surface area contributed by atoms with E-state index in [-0.39, 0.29) is 12.5 Å². The molecule has 7 heteroatoms. The van der Waals surface area contributed by atoms with Crippen molar-refractivity contribution < 1.29 is 19.1 Å². The molecule has 0 aliphatic heterocycles. The van der Waals surface area contributed by atoms with Crippen molar-refractivity contribution in [2.24, 2.45) is 0 Å². The number of hydrogen-bond donors (Lipinski definition) is 1. The van der Waals surface area contributed by atoms with Gasteiger partial charge in [-0.3, -0.25) is 0 Å². The quantitative estimate of drug-likeness (QED) is 0.501. The largest absolute Gasteiger partial charge is 0.462 e. The lowest BCUT2D eigenvalue weighted by Crippen LogP contribution is -2.32. The average Bonchev–Trinajstić information content (AvgIpc) is 3.25. The molecule has 0 saturated heterocycles. The van der Waals surface area contributed by atoms with Crippen LogP contribution in [0.25, 0.3) is 15.7 Å². The lowest BCUT2D eigenvalue weighted by molar-refractivity contribution is 0.0505. The number of esters is 1. The molecule has 1 heterocycles. The highest BCUT2D eigenvalue weighted by Gasteiger charge is 2.24. The molecule has 1 amide bonds. The Bertz CT molecular complexity index is 971. The third kappa shape index (κ3) is 5.20. The number of carbonyl (C=O) groups excluding carboxylic acids is 2. The molecule has 0 spiro atoms. The van der Waals surface area contributed by atoms with Gasteiger partial charge in [0.1, 0.15) is 5.60 Å². The maximum Gasteiger partial charge on any atom is 0.407 e. The van der Waals surface area contributed by atoms with E-state index in [1.54, 1.807) is 6.92 Å². The fraction of sp³-hybridized carbons (Fsp3) is 0.455. The fourth-order valence-corrected chi connectivity index (χ4v) is 5.25. The van der Waals surface area contributed by atoms with Crippen molar-refractivity contribution in [1.82, 2.24) is 5.32 Å². The van der Waals surface area contributed by atoms with Gasteiger partial charge in [-0.25, -0.2) is 9.59 Å². The molecule has 0 unspecified atom stereocenters. The first kappa shape index (κ1) is 21.8. The number of hydrogen-bond acceptors (Lipinski definition) is 5. The number of thiophene rings is 1. The summed E-state index contributed by atoms with van der Waals surface area (Å²) in [6.07, 6.45) is 5.02. The molecule has 0 bridgehead atoms. The zero-order valence-electron chi connectivity index (χ0n) is 17.2. The Morgan fingerprint density at radius 3 is 2.66 bits per heavy atom. The summed E-state index contributed by atoms with van der Waals surface area (Å²) >= 11 is 5.17. The van der Waals surface area contributed by atoms with Crippen molar-refractivity contribution in [1.29, 1.82) is 0 Å². The minimum atomic E-state index is -0.580. The number of halogens is 1. The van der Waals surface area contributed by atoms with Crippen LogP contribution < -0.4 is 5.32 Å². The Labute approximate surface area is 183 Å². The summed E-state index contributed by atoms with van der Waals surface area (Å²) in [6.45, 7) is 7.73. The zero-order valence-corrected chi connectivity index (χ0v) is 19.6. The van der Waals surface area contributed by atoms with Gasteiger partial charge in [-0.15, -0.1) is 11.3 Å². The number of alkyl carbamates (subject to hydrolysis) is 1. The van der Waals surface area contributed by atoms with Crippen molar-refractivity contribution in [3.05, 3.63) is 38.7 Å². The Morgan fingerprint density at radius 2 is 2.03 bits per heavy atom. The average molecular weight is 480 g/mol. The first-order chi connectivity index (χ1) is 13.7. The summed E-state index contributed by atoms with van der Waals surface area (Å²) in [5, 5.41) is 3.62. The molecule has 156 valence electrons. The summed E-state index contributed by atoms with van der Waals surface area (Å²) in [4.78, 5) is 25.6. The summed E-state index contributed by atoms with van der Waals surface area (Å²) in [7, 11) is 0. The van der Waals surface area contributed by atoms with Crippen LogP contribution in [0.5, 0.6) is 0 Å². The molecule has 0 atom stereocenters. The first-order valence-electron chi connectivity index (χ1n) is 9.78. The van der Waals surface area contributed by atoms with E-state index in [4.69, 9.17) is 9.47 Å². The second-order valence-corrected chi connectivity index (χ2v) is 9.92. The maximum atomic E-state index is 12.7. The Morgan fingerprint density at radius 1 is 1.28 bits per heavy atom. The number of allylic oxidation sites excluding steroid dienone is 2. The fourth-order valence-electron chi connectivity index (χ4n) is 3.35. The first-order valence-corrected chi connectivity index (χ1v) is 11.4. The van der Waals surface area contributed by atoms with Crippen LogP contribution in [0.15, 0.2) is 22.7 Å². The number of benzene rings is 1. The lowest BCUT2D eigenvalue weighted by atomic mass is 10.0. The van der Waals surface area contributed by atoms with E-state index in [9.17, 15) is 9.59 Å². The number of fused-ring (bicyclic) bond motifs is 1. The van der Waals surface area contributed by atoms with E-state index in [2.05, 4.69) is 33.4 Å². The highest BCUT2D eigenvalue weighted by Crippen LogP contribution is 2.40. The molecule has 1 aliphatic rings. The monoisotopic (exact) mass is 479 g/mol. The van der Waals surface area contributed by atoms with Gasteiger partial charge in [0.2, 0.25) is 0 Å². The summed E-state index contributed by atoms with van der Waals surface area (Å²) < 4.78 is 12.6. The van der Waals surface area contributed by atoms with Crippen LogP contribution in [0.3, 0.4) is 0 Å². The highest BCUT2D eigenvalue weighted by atomic mass is 79.9. The van der Waals surface area contributed by atoms with Gasteiger partial charge in [0, 0.05) is 19.4 Å². The summed E-state index contributed by atoms with van der Waals surface area (Å²) in [5.74, 6) is -0.367. The predicted molar refractivity (Wildman–Crippen MR) is 120 cm³/mol. The van der Waals surface area contributed by atoms with Gasteiger partial charge in [-0.2, -0.15) is 0 Å². The zero-order chi connectivity index (χ0) is 21.2. The number of ether oxygens (including phenoxy) is 2. The van der Waals surface area contributed by atoms with Crippen LogP contribution in [-0.2, 0) is 16.0 Å². The van der Waals surface area contributed by atoms with E-state index in [0.717, 1.165) is 44.3 Å². The second kappa shape index (κ2) is 8.88. The van der Waals surface area contributed by atoms with Crippen LogP contribution in [0.4, 0.5) is 4.79 Å². The molecule has 1 N–H and O–H groups in total. The number of amides is 1.